The summed E-state index contributed by atoms with van der Waals surface area (Å²) in [6.07, 6.45) is -1.82. The first-order valence-electron chi connectivity index (χ1n) is 5.04. The van der Waals surface area contributed by atoms with Crippen LogP contribution in [0.3, 0.4) is 0 Å². The van der Waals surface area contributed by atoms with Crippen molar-refractivity contribution in [3.05, 3.63) is 12.7 Å². The fraction of sp³-hybridized carbons (Fsp3) is 0.700. The Hall–Kier alpha value is -1.04. The lowest BCUT2D eigenvalue weighted by Crippen LogP contribution is -2.53. The quantitative estimate of drug-likeness (QED) is 0.737. The van der Waals surface area contributed by atoms with Gasteiger partial charge in [0.1, 0.15) is 0 Å². The normalized spacial score (nSPS) is 20.6. The van der Waals surface area contributed by atoms with Crippen LogP contribution in [-0.4, -0.2) is 35.6 Å². The van der Waals surface area contributed by atoms with Crippen LogP contribution in [0.5, 0.6) is 0 Å². The average Bonchev–Trinajstić information content (AvgIpc) is 2.16. The maximum Gasteiger partial charge on any atom is 0.471 e. The molecule has 1 rings (SSSR count). The molecule has 0 spiro atoms. The molecular formula is C10H15F3N2O. The maximum atomic E-state index is 12.1. The second-order valence-corrected chi connectivity index (χ2v) is 4.15. The molecule has 3 nitrogen and oxygen atoms in total. The first-order chi connectivity index (χ1) is 7.28. The summed E-state index contributed by atoms with van der Waals surface area (Å²) >= 11 is 0. The Morgan fingerprint density at radius 1 is 1.44 bits per heavy atom. The molecule has 1 aliphatic rings. The SMILES string of the molecule is C=CCC1(N)CCN(C(=O)C(F)(F)F)CC1. The van der Waals surface area contributed by atoms with Gasteiger partial charge in [-0.15, -0.1) is 6.58 Å². The highest BCUT2D eigenvalue weighted by atomic mass is 19.4. The highest BCUT2D eigenvalue weighted by Crippen LogP contribution is 2.26. The molecule has 0 bridgehead atoms. The molecule has 2 N–H and O–H groups in total. The van der Waals surface area contributed by atoms with E-state index in [1.807, 2.05) is 0 Å². The van der Waals surface area contributed by atoms with E-state index < -0.39 is 17.6 Å². The summed E-state index contributed by atoms with van der Waals surface area (Å²) < 4.78 is 36.4. The van der Waals surface area contributed by atoms with E-state index in [1.165, 1.54) is 0 Å². The number of hydrogen-bond acceptors (Lipinski definition) is 2. The standard InChI is InChI=1S/C10H15F3N2O/c1-2-3-9(14)4-6-15(7-5-9)8(16)10(11,12)13/h2H,1,3-7,14H2. The van der Waals surface area contributed by atoms with Crippen LogP contribution in [0.25, 0.3) is 0 Å². The summed E-state index contributed by atoms with van der Waals surface area (Å²) in [5.41, 5.74) is 5.44. The Labute approximate surface area is 92.1 Å². The van der Waals surface area contributed by atoms with Crippen LogP contribution in [0.15, 0.2) is 12.7 Å². The number of carbonyl (C=O) groups excluding carboxylic acids is 1. The highest BCUT2D eigenvalue weighted by Gasteiger charge is 2.44. The smallest absolute Gasteiger partial charge is 0.335 e. The van der Waals surface area contributed by atoms with E-state index in [-0.39, 0.29) is 13.1 Å². The number of piperidine rings is 1. The fourth-order valence-corrected chi connectivity index (χ4v) is 1.83. The molecule has 1 saturated heterocycles. The Balaban J connectivity index is 2.55. The van der Waals surface area contributed by atoms with Gasteiger partial charge in [-0.2, -0.15) is 13.2 Å². The second-order valence-electron chi connectivity index (χ2n) is 4.15. The van der Waals surface area contributed by atoms with E-state index in [0.29, 0.717) is 19.3 Å². The molecule has 1 heterocycles. The number of halogens is 3. The van der Waals surface area contributed by atoms with E-state index in [2.05, 4.69) is 6.58 Å². The number of rotatable bonds is 2. The van der Waals surface area contributed by atoms with Crippen molar-refractivity contribution in [2.45, 2.75) is 31.0 Å². The van der Waals surface area contributed by atoms with Crippen LogP contribution in [0.4, 0.5) is 13.2 Å². The minimum Gasteiger partial charge on any atom is -0.335 e. The minimum absolute atomic E-state index is 0.0582. The number of likely N-dealkylation sites (tertiary alicyclic amines) is 1. The number of hydrogen-bond donors (Lipinski definition) is 1. The van der Waals surface area contributed by atoms with Crippen molar-refractivity contribution in [1.29, 1.82) is 0 Å². The predicted octanol–water partition coefficient (Wildman–Crippen LogP) is 1.44. The topological polar surface area (TPSA) is 46.3 Å². The minimum atomic E-state index is -4.78. The van der Waals surface area contributed by atoms with Gasteiger partial charge >= 0.3 is 12.1 Å². The van der Waals surface area contributed by atoms with E-state index >= 15 is 0 Å². The van der Waals surface area contributed by atoms with Crippen LogP contribution in [-0.2, 0) is 4.79 Å². The van der Waals surface area contributed by atoms with Crippen molar-refractivity contribution in [2.75, 3.05) is 13.1 Å². The fourth-order valence-electron chi connectivity index (χ4n) is 1.83. The van der Waals surface area contributed by atoms with Gasteiger partial charge in [0, 0.05) is 18.6 Å². The van der Waals surface area contributed by atoms with Gasteiger partial charge in [-0.1, -0.05) is 6.08 Å². The van der Waals surface area contributed by atoms with Gasteiger partial charge in [0.2, 0.25) is 0 Å². The van der Waals surface area contributed by atoms with Gasteiger partial charge in [0.15, 0.2) is 0 Å². The number of nitrogens with two attached hydrogens (primary N) is 1. The zero-order valence-corrected chi connectivity index (χ0v) is 8.89. The van der Waals surface area contributed by atoms with Gasteiger partial charge in [0.05, 0.1) is 0 Å². The molecule has 0 saturated carbocycles. The molecule has 92 valence electrons. The van der Waals surface area contributed by atoms with Crippen LogP contribution < -0.4 is 5.73 Å². The molecule has 0 radical (unpaired) electrons. The summed E-state index contributed by atoms with van der Waals surface area (Å²) in [7, 11) is 0. The molecule has 1 aliphatic heterocycles. The molecule has 0 aromatic carbocycles. The summed E-state index contributed by atoms with van der Waals surface area (Å²) in [5.74, 6) is -1.77. The van der Waals surface area contributed by atoms with Gasteiger partial charge in [-0.3, -0.25) is 4.79 Å². The lowest BCUT2D eigenvalue weighted by Gasteiger charge is -2.38. The lowest BCUT2D eigenvalue weighted by atomic mass is 9.85. The van der Waals surface area contributed by atoms with Crippen molar-refractivity contribution in [3.8, 4) is 0 Å². The second kappa shape index (κ2) is 4.45. The molecule has 0 atom stereocenters. The van der Waals surface area contributed by atoms with Crippen LogP contribution in [0, 0.1) is 0 Å². The summed E-state index contributed by atoms with van der Waals surface area (Å²) in [6.45, 7) is 3.67. The van der Waals surface area contributed by atoms with Crippen molar-refractivity contribution < 1.29 is 18.0 Å². The summed E-state index contributed by atoms with van der Waals surface area (Å²) in [4.78, 5) is 11.7. The number of nitrogens with zero attached hydrogens (tertiary/aromatic N) is 1. The largest absolute Gasteiger partial charge is 0.471 e. The first kappa shape index (κ1) is 13.0. The van der Waals surface area contributed by atoms with Crippen molar-refractivity contribution in [1.82, 2.24) is 4.90 Å². The molecule has 1 amide bonds. The van der Waals surface area contributed by atoms with Gasteiger partial charge in [0.25, 0.3) is 0 Å². The maximum absolute atomic E-state index is 12.1. The van der Waals surface area contributed by atoms with E-state index in [9.17, 15) is 18.0 Å². The molecule has 16 heavy (non-hydrogen) atoms. The predicted molar refractivity (Wildman–Crippen MR) is 53.6 cm³/mol. The van der Waals surface area contributed by atoms with Gasteiger partial charge in [-0.25, -0.2) is 0 Å². The Morgan fingerprint density at radius 2 is 1.94 bits per heavy atom. The lowest BCUT2D eigenvalue weighted by molar-refractivity contribution is -0.186. The third-order valence-corrected chi connectivity index (χ3v) is 2.84. The zero-order chi connectivity index (χ0) is 12.4. The molecular weight excluding hydrogens is 221 g/mol. The zero-order valence-electron chi connectivity index (χ0n) is 8.89. The van der Waals surface area contributed by atoms with Crippen molar-refractivity contribution >= 4 is 5.91 Å². The third-order valence-electron chi connectivity index (χ3n) is 2.84. The van der Waals surface area contributed by atoms with E-state index in [0.717, 1.165) is 4.90 Å². The number of alkyl halides is 3. The van der Waals surface area contributed by atoms with Crippen molar-refractivity contribution in [2.24, 2.45) is 5.73 Å². The van der Waals surface area contributed by atoms with E-state index in [1.54, 1.807) is 6.08 Å². The summed E-state index contributed by atoms with van der Waals surface area (Å²) in [5, 5.41) is 0. The van der Waals surface area contributed by atoms with Gasteiger partial charge in [-0.05, 0) is 19.3 Å². The molecule has 0 aromatic rings. The Morgan fingerprint density at radius 3 is 2.31 bits per heavy atom. The molecule has 6 heteroatoms. The first-order valence-corrected chi connectivity index (χ1v) is 5.04. The molecule has 1 fully saturated rings. The van der Waals surface area contributed by atoms with Crippen molar-refractivity contribution in [3.63, 3.8) is 0 Å². The summed E-state index contributed by atoms with van der Waals surface area (Å²) in [6, 6.07) is 0. The molecule has 0 aliphatic carbocycles. The third kappa shape index (κ3) is 2.98. The van der Waals surface area contributed by atoms with Crippen LogP contribution in [0.1, 0.15) is 19.3 Å². The monoisotopic (exact) mass is 236 g/mol. The number of carbonyl (C=O) groups is 1. The Bertz CT molecular complexity index is 280. The molecule has 0 aromatic heterocycles. The van der Waals surface area contributed by atoms with Crippen LogP contribution in [0.2, 0.25) is 0 Å². The molecule has 0 unspecified atom stereocenters. The van der Waals surface area contributed by atoms with E-state index in [4.69, 9.17) is 5.73 Å². The average molecular weight is 236 g/mol. The van der Waals surface area contributed by atoms with Crippen LogP contribution >= 0.6 is 0 Å². The Kier molecular flexibility index (Phi) is 3.62. The van der Waals surface area contributed by atoms with Gasteiger partial charge < -0.3 is 10.6 Å². The highest BCUT2D eigenvalue weighted by molar-refractivity contribution is 5.81. The number of amides is 1.